The van der Waals surface area contributed by atoms with Crippen LogP contribution in [-0.4, -0.2) is 32.8 Å². The van der Waals surface area contributed by atoms with Gasteiger partial charge in [-0.2, -0.15) is 0 Å². The highest BCUT2D eigenvalue weighted by Crippen LogP contribution is 2.35. The molecule has 8 heteroatoms. The van der Waals surface area contributed by atoms with Gasteiger partial charge in [-0.05, 0) is 42.9 Å². The normalized spacial score (nSPS) is 25.9. The predicted molar refractivity (Wildman–Crippen MR) is 96.5 cm³/mol. The number of benzene rings is 1. The van der Waals surface area contributed by atoms with Gasteiger partial charge in [-0.1, -0.05) is 25.0 Å². The van der Waals surface area contributed by atoms with Crippen LogP contribution in [0.5, 0.6) is 0 Å². The first-order chi connectivity index (χ1) is 12.3. The molecule has 1 aliphatic carbocycles. The molecule has 0 radical (unpaired) electrons. The number of primary sulfonamides is 1. The van der Waals surface area contributed by atoms with E-state index in [0.29, 0.717) is 13.0 Å². The maximum atomic E-state index is 12.6. The van der Waals surface area contributed by atoms with E-state index < -0.39 is 10.0 Å². The predicted octanol–water partition coefficient (Wildman–Crippen LogP) is 0.688. The maximum Gasteiger partial charge on any atom is 0.238 e. The first-order valence-electron chi connectivity index (χ1n) is 9.03. The molecule has 142 valence electrons. The minimum atomic E-state index is -3.69. The zero-order chi connectivity index (χ0) is 18.7. The van der Waals surface area contributed by atoms with Crippen molar-refractivity contribution < 1.29 is 18.0 Å². The fourth-order valence-electron chi connectivity index (χ4n) is 4.03. The highest BCUT2D eigenvalue weighted by molar-refractivity contribution is 7.89. The summed E-state index contributed by atoms with van der Waals surface area (Å²) < 4.78 is 22.5. The molecule has 3 atom stereocenters. The highest BCUT2D eigenvalue weighted by atomic mass is 32.2. The Balaban J connectivity index is 1.54. The van der Waals surface area contributed by atoms with E-state index in [4.69, 9.17) is 5.14 Å². The van der Waals surface area contributed by atoms with E-state index >= 15 is 0 Å². The minimum Gasteiger partial charge on any atom is -0.356 e. The van der Waals surface area contributed by atoms with Crippen molar-refractivity contribution in [1.82, 2.24) is 10.6 Å². The Morgan fingerprint density at radius 1 is 1.19 bits per heavy atom. The molecule has 3 unspecified atom stereocenters. The summed E-state index contributed by atoms with van der Waals surface area (Å²) in [5.74, 6) is -0.112. The molecule has 2 amide bonds. The van der Waals surface area contributed by atoms with Gasteiger partial charge >= 0.3 is 0 Å². The van der Waals surface area contributed by atoms with Crippen LogP contribution < -0.4 is 15.8 Å². The Morgan fingerprint density at radius 2 is 1.88 bits per heavy atom. The number of amides is 2. The molecular weight excluding hydrogens is 354 g/mol. The Kier molecular flexibility index (Phi) is 5.62. The first kappa shape index (κ1) is 18.8. The van der Waals surface area contributed by atoms with Gasteiger partial charge in [-0.25, -0.2) is 13.6 Å². The van der Waals surface area contributed by atoms with Crippen molar-refractivity contribution in [2.45, 2.75) is 49.5 Å². The molecule has 1 heterocycles. The van der Waals surface area contributed by atoms with E-state index in [1.165, 1.54) is 12.1 Å². The van der Waals surface area contributed by atoms with E-state index in [2.05, 4.69) is 10.6 Å². The third kappa shape index (κ3) is 4.42. The van der Waals surface area contributed by atoms with Crippen LogP contribution in [0.4, 0.5) is 0 Å². The molecule has 1 saturated heterocycles. The molecule has 0 spiro atoms. The van der Waals surface area contributed by atoms with Gasteiger partial charge in [0.1, 0.15) is 0 Å². The topological polar surface area (TPSA) is 118 Å². The molecule has 4 N–H and O–H groups in total. The fraction of sp³-hybridized carbons (Fsp3) is 0.556. The van der Waals surface area contributed by atoms with Crippen LogP contribution in [0.25, 0.3) is 0 Å². The number of sulfonamides is 1. The Morgan fingerprint density at radius 3 is 2.58 bits per heavy atom. The summed E-state index contributed by atoms with van der Waals surface area (Å²) >= 11 is 0. The molecule has 2 aliphatic rings. The summed E-state index contributed by atoms with van der Waals surface area (Å²) in [6, 6.07) is 6.44. The molecule has 1 aliphatic heterocycles. The van der Waals surface area contributed by atoms with E-state index in [0.717, 1.165) is 31.2 Å². The van der Waals surface area contributed by atoms with Gasteiger partial charge in [0.15, 0.2) is 0 Å². The lowest BCUT2D eigenvalue weighted by Gasteiger charge is -2.40. The van der Waals surface area contributed by atoms with Crippen molar-refractivity contribution in [1.29, 1.82) is 0 Å². The standard InChI is InChI=1S/C18H25N3O4S/c19-26(24,25)13-7-5-12(6-8-13)9-10-20-18(23)15-11-17(22)21-16-4-2-1-3-14(15)16/h5-8,14-16H,1-4,9-11H2,(H,20,23)(H,21,22)(H2,19,24,25). The van der Waals surface area contributed by atoms with Gasteiger partial charge in [0, 0.05) is 19.0 Å². The second kappa shape index (κ2) is 7.75. The number of piperidine rings is 1. The van der Waals surface area contributed by atoms with Crippen LogP contribution in [0.2, 0.25) is 0 Å². The van der Waals surface area contributed by atoms with Gasteiger partial charge in [-0.3, -0.25) is 9.59 Å². The second-order valence-corrected chi connectivity index (χ2v) is 8.72. The van der Waals surface area contributed by atoms with Crippen molar-refractivity contribution >= 4 is 21.8 Å². The molecular formula is C18H25N3O4S. The summed E-state index contributed by atoms with van der Waals surface area (Å²) in [4.78, 5) is 24.5. The summed E-state index contributed by atoms with van der Waals surface area (Å²) in [6.07, 6.45) is 5.00. The second-order valence-electron chi connectivity index (χ2n) is 7.16. The van der Waals surface area contributed by atoms with E-state index in [1.54, 1.807) is 12.1 Å². The zero-order valence-electron chi connectivity index (χ0n) is 14.6. The van der Waals surface area contributed by atoms with Gasteiger partial charge in [0.2, 0.25) is 21.8 Å². The van der Waals surface area contributed by atoms with Crippen LogP contribution in [-0.2, 0) is 26.0 Å². The quantitative estimate of drug-likeness (QED) is 0.697. The van der Waals surface area contributed by atoms with Gasteiger partial charge < -0.3 is 10.6 Å². The lowest BCUT2D eigenvalue weighted by atomic mass is 9.72. The van der Waals surface area contributed by atoms with Crippen molar-refractivity contribution in [3.8, 4) is 0 Å². The number of nitrogens with two attached hydrogens (primary N) is 1. The van der Waals surface area contributed by atoms with E-state index in [-0.39, 0.29) is 41.0 Å². The van der Waals surface area contributed by atoms with Crippen molar-refractivity contribution in [3.63, 3.8) is 0 Å². The summed E-state index contributed by atoms with van der Waals surface area (Å²) in [5, 5.41) is 11.0. The lowest BCUT2D eigenvalue weighted by Crippen LogP contribution is -2.54. The smallest absolute Gasteiger partial charge is 0.238 e. The number of hydrogen-bond acceptors (Lipinski definition) is 4. The van der Waals surface area contributed by atoms with Crippen molar-refractivity contribution in [3.05, 3.63) is 29.8 Å². The Bertz CT molecular complexity index is 776. The van der Waals surface area contributed by atoms with Gasteiger partial charge in [-0.15, -0.1) is 0 Å². The summed E-state index contributed by atoms with van der Waals surface area (Å²) in [7, 11) is -3.69. The number of hydrogen-bond donors (Lipinski definition) is 3. The van der Waals surface area contributed by atoms with Crippen LogP contribution in [0.3, 0.4) is 0 Å². The summed E-state index contributed by atoms with van der Waals surface area (Å²) in [5.41, 5.74) is 0.912. The van der Waals surface area contributed by atoms with Crippen LogP contribution in [0, 0.1) is 11.8 Å². The van der Waals surface area contributed by atoms with Crippen LogP contribution in [0.15, 0.2) is 29.2 Å². The summed E-state index contributed by atoms with van der Waals surface area (Å²) in [6.45, 7) is 0.447. The molecule has 1 aromatic carbocycles. The first-order valence-corrected chi connectivity index (χ1v) is 10.6. The van der Waals surface area contributed by atoms with E-state index in [9.17, 15) is 18.0 Å². The van der Waals surface area contributed by atoms with Crippen LogP contribution in [0.1, 0.15) is 37.7 Å². The molecule has 2 fully saturated rings. The molecule has 1 saturated carbocycles. The molecule has 1 aromatic rings. The zero-order valence-corrected chi connectivity index (χ0v) is 15.4. The molecule has 0 aromatic heterocycles. The highest BCUT2D eigenvalue weighted by Gasteiger charge is 2.41. The third-order valence-electron chi connectivity index (χ3n) is 5.39. The number of nitrogens with one attached hydrogen (secondary N) is 2. The Hall–Kier alpha value is -1.93. The Labute approximate surface area is 153 Å². The minimum absolute atomic E-state index is 0.0353. The molecule has 0 bridgehead atoms. The number of fused-ring (bicyclic) bond motifs is 1. The average molecular weight is 379 g/mol. The largest absolute Gasteiger partial charge is 0.356 e. The van der Waals surface area contributed by atoms with Crippen LogP contribution >= 0.6 is 0 Å². The number of rotatable bonds is 5. The van der Waals surface area contributed by atoms with Crippen molar-refractivity contribution in [2.24, 2.45) is 17.0 Å². The molecule has 3 rings (SSSR count). The lowest BCUT2D eigenvalue weighted by molar-refractivity contribution is -0.137. The molecule has 7 nitrogen and oxygen atoms in total. The third-order valence-corrected chi connectivity index (χ3v) is 6.32. The maximum absolute atomic E-state index is 12.6. The monoisotopic (exact) mass is 379 g/mol. The average Bonchev–Trinajstić information content (AvgIpc) is 2.60. The van der Waals surface area contributed by atoms with Crippen molar-refractivity contribution in [2.75, 3.05) is 6.54 Å². The SMILES string of the molecule is NS(=O)(=O)c1ccc(CCNC(=O)C2CC(=O)NC3CCCCC32)cc1. The molecule has 26 heavy (non-hydrogen) atoms. The number of carbonyl (C=O) groups excluding carboxylic acids is 2. The van der Waals surface area contributed by atoms with Gasteiger partial charge in [0.05, 0.1) is 10.8 Å². The fourth-order valence-corrected chi connectivity index (χ4v) is 4.55. The van der Waals surface area contributed by atoms with Gasteiger partial charge in [0.25, 0.3) is 0 Å². The number of carbonyl (C=O) groups is 2. The van der Waals surface area contributed by atoms with E-state index in [1.807, 2.05) is 0 Å².